The Bertz CT molecular complexity index is 180. The van der Waals surface area contributed by atoms with Crippen LogP contribution in [0.1, 0.15) is 0 Å². The van der Waals surface area contributed by atoms with Crippen LogP contribution >= 0.6 is 12.0 Å². The minimum absolute atomic E-state index is 0.952. The molecule has 0 aliphatic carbocycles. The van der Waals surface area contributed by atoms with E-state index < -0.39 is 0 Å². The minimum Gasteiger partial charge on any atom is -0.182 e. The lowest BCUT2D eigenvalue weighted by molar-refractivity contribution is -0.195. The average Bonchev–Trinajstić information content (AvgIpc) is 2.03. The van der Waals surface area contributed by atoms with Gasteiger partial charge < -0.3 is 0 Å². The van der Waals surface area contributed by atoms with Crippen molar-refractivity contribution in [3.8, 4) is 0 Å². The molecule has 0 unspecified atom stereocenters. The number of hydrogen-bond acceptors (Lipinski definition) is 4. The molecule has 0 aromatic heterocycles. The molecule has 0 aliphatic heterocycles. The summed E-state index contributed by atoms with van der Waals surface area (Å²) in [7, 11) is 0. The van der Waals surface area contributed by atoms with Crippen LogP contribution in [-0.4, -0.2) is 0 Å². The molecule has 0 aliphatic rings. The highest BCUT2D eigenvalue weighted by atomic mass is 32.2. The molecule has 0 spiro atoms. The van der Waals surface area contributed by atoms with E-state index in [1.165, 1.54) is 0 Å². The SMILES string of the molecule is NOOSc1ccccc1. The Morgan fingerprint density at radius 3 is 2.50 bits per heavy atom. The Kier molecular flexibility index (Phi) is 3.25. The van der Waals surface area contributed by atoms with Crippen LogP contribution < -0.4 is 5.90 Å². The third-order valence-corrected chi connectivity index (χ3v) is 1.52. The molecule has 10 heavy (non-hydrogen) atoms. The predicted octanol–water partition coefficient (Wildman–Crippen LogP) is 1.52. The molecule has 0 heterocycles. The van der Waals surface area contributed by atoms with E-state index in [0.717, 1.165) is 16.9 Å². The van der Waals surface area contributed by atoms with Gasteiger partial charge in [0, 0.05) is 4.90 Å². The van der Waals surface area contributed by atoms with Gasteiger partial charge in [-0.1, -0.05) is 18.2 Å². The zero-order chi connectivity index (χ0) is 7.23. The van der Waals surface area contributed by atoms with Crippen molar-refractivity contribution in [1.82, 2.24) is 0 Å². The molecular formula is C6H7NO2S. The Labute approximate surface area is 63.2 Å². The number of benzene rings is 1. The molecule has 0 atom stereocenters. The summed E-state index contributed by atoms with van der Waals surface area (Å²) in [6.07, 6.45) is 0. The molecule has 4 heteroatoms. The van der Waals surface area contributed by atoms with E-state index in [0.29, 0.717) is 0 Å². The van der Waals surface area contributed by atoms with Gasteiger partial charge >= 0.3 is 0 Å². The highest BCUT2D eigenvalue weighted by Gasteiger charge is 1.90. The fourth-order valence-corrected chi connectivity index (χ4v) is 0.921. The van der Waals surface area contributed by atoms with Crippen molar-refractivity contribution in [2.45, 2.75) is 4.90 Å². The third kappa shape index (κ3) is 2.36. The fraction of sp³-hybridized carbons (Fsp3) is 0. The fourth-order valence-electron chi connectivity index (χ4n) is 0.535. The molecule has 2 N–H and O–H groups in total. The zero-order valence-electron chi connectivity index (χ0n) is 5.19. The summed E-state index contributed by atoms with van der Waals surface area (Å²) in [5.74, 6) is 4.63. The maximum atomic E-state index is 4.63. The van der Waals surface area contributed by atoms with Crippen molar-refractivity contribution in [2.24, 2.45) is 5.90 Å². The quantitative estimate of drug-likeness (QED) is 0.410. The monoisotopic (exact) mass is 157 g/mol. The predicted molar refractivity (Wildman–Crippen MR) is 38.7 cm³/mol. The van der Waals surface area contributed by atoms with Crippen LogP contribution in [0.3, 0.4) is 0 Å². The topological polar surface area (TPSA) is 44.5 Å². The number of rotatable bonds is 3. The molecule has 0 fully saturated rings. The summed E-state index contributed by atoms with van der Waals surface area (Å²) in [5.41, 5.74) is 0. The van der Waals surface area contributed by atoms with E-state index in [-0.39, 0.29) is 0 Å². The standard InChI is InChI=1S/C6H7NO2S/c7-8-9-10-6-4-2-1-3-5-6/h1-5H,7H2. The summed E-state index contributed by atoms with van der Waals surface area (Å²) in [5, 5.41) is 0. The average molecular weight is 157 g/mol. The summed E-state index contributed by atoms with van der Waals surface area (Å²) < 4.78 is 4.41. The number of nitrogens with two attached hydrogens (primary N) is 1. The van der Waals surface area contributed by atoms with Crippen LogP contribution in [0.2, 0.25) is 0 Å². The van der Waals surface area contributed by atoms with Crippen LogP contribution in [0.4, 0.5) is 0 Å². The first-order valence-electron chi connectivity index (χ1n) is 2.68. The van der Waals surface area contributed by atoms with Crippen LogP contribution in [0.15, 0.2) is 35.2 Å². The third-order valence-electron chi connectivity index (χ3n) is 0.913. The van der Waals surface area contributed by atoms with Crippen molar-refractivity contribution in [3.63, 3.8) is 0 Å². The van der Waals surface area contributed by atoms with Gasteiger partial charge in [-0.15, -0.1) is 9.32 Å². The largest absolute Gasteiger partial charge is 0.182 e. The van der Waals surface area contributed by atoms with E-state index in [9.17, 15) is 0 Å². The van der Waals surface area contributed by atoms with E-state index in [1.807, 2.05) is 30.3 Å². The summed E-state index contributed by atoms with van der Waals surface area (Å²) in [6, 6.07) is 9.52. The maximum absolute atomic E-state index is 4.63. The van der Waals surface area contributed by atoms with Gasteiger partial charge in [0.25, 0.3) is 0 Å². The molecule has 1 rings (SSSR count). The molecular weight excluding hydrogens is 150 g/mol. The van der Waals surface area contributed by atoms with Gasteiger partial charge in [0.15, 0.2) is 0 Å². The minimum atomic E-state index is 0.952. The summed E-state index contributed by atoms with van der Waals surface area (Å²) in [4.78, 5) is 4.86. The molecule has 1 aromatic rings. The van der Waals surface area contributed by atoms with Gasteiger partial charge in [-0.05, 0) is 12.1 Å². The van der Waals surface area contributed by atoms with Gasteiger partial charge in [-0.25, -0.2) is 0 Å². The zero-order valence-corrected chi connectivity index (χ0v) is 6.01. The van der Waals surface area contributed by atoms with E-state index in [4.69, 9.17) is 0 Å². The number of hydrogen-bond donors (Lipinski definition) is 1. The van der Waals surface area contributed by atoms with Crippen LogP contribution in [0.5, 0.6) is 0 Å². The molecule has 54 valence electrons. The van der Waals surface area contributed by atoms with Crippen molar-refractivity contribution < 1.29 is 9.32 Å². The second-order valence-corrected chi connectivity index (χ2v) is 2.33. The molecule has 1 aromatic carbocycles. The Morgan fingerprint density at radius 2 is 1.90 bits per heavy atom. The van der Waals surface area contributed by atoms with E-state index in [1.54, 1.807) is 0 Å². The van der Waals surface area contributed by atoms with E-state index >= 15 is 0 Å². The Balaban J connectivity index is 2.43. The molecule has 0 amide bonds. The molecule has 0 saturated heterocycles. The smallest absolute Gasteiger partial charge is 0.0702 e. The maximum Gasteiger partial charge on any atom is 0.0702 e. The summed E-state index contributed by atoms with van der Waals surface area (Å²) in [6.45, 7) is 0. The first kappa shape index (κ1) is 7.56. The first-order chi connectivity index (χ1) is 4.93. The molecule has 3 nitrogen and oxygen atoms in total. The Hall–Kier alpha value is -0.550. The normalized spacial score (nSPS) is 9.70. The molecule has 0 saturated carbocycles. The second kappa shape index (κ2) is 4.29. The van der Waals surface area contributed by atoms with Crippen molar-refractivity contribution >= 4 is 12.0 Å². The van der Waals surface area contributed by atoms with Crippen LogP contribution in [-0.2, 0) is 9.32 Å². The van der Waals surface area contributed by atoms with Crippen molar-refractivity contribution in [3.05, 3.63) is 30.3 Å². The van der Waals surface area contributed by atoms with Gasteiger partial charge in [-0.2, -0.15) is 5.90 Å². The van der Waals surface area contributed by atoms with Crippen LogP contribution in [0.25, 0.3) is 0 Å². The highest BCUT2D eigenvalue weighted by molar-refractivity contribution is 7.94. The molecule has 0 bridgehead atoms. The van der Waals surface area contributed by atoms with Gasteiger partial charge in [-0.3, -0.25) is 0 Å². The highest BCUT2D eigenvalue weighted by Crippen LogP contribution is 2.16. The van der Waals surface area contributed by atoms with E-state index in [2.05, 4.69) is 15.2 Å². The van der Waals surface area contributed by atoms with Gasteiger partial charge in [0.2, 0.25) is 0 Å². The van der Waals surface area contributed by atoms with Gasteiger partial charge in [0.05, 0.1) is 12.0 Å². The van der Waals surface area contributed by atoms with Crippen molar-refractivity contribution in [2.75, 3.05) is 0 Å². The lowest BCUT2D eigenvalue weighted by atomic mass is 10.4. The lowest BCUT2D eigenvalue weighted by Crippen LogP contribution is -1.93. The first-order valence-corrected chi connectivity index (χ1v) is 3.43. The van der Waals surface area contributed by atoms with Crippen LogP contribution in [0, 0.1) is 0 Å². The lowest BCUT2D eigenvalue weighted by Gasteiger charge is -1.94. The second-order valence-electron chi connectivity index (χ2n) is 1.56. The Morgan fingerprint density at radius 1 is 1.20 bits per heavy atom. The van der Waals surface area contributed by atoms with Gasteiger partial charge in [0.1, 0.15) is 0 Å². The molecule has 0 radical (unpaired) electrons. The summed E-state index contributed by atoms with van der Waals surface area (Å²) >= 11 is 1.07. The van der Waals surface area contributed by atoms with Crippen molar-refractivity contribution in [1.29, 1.82) is 0 Å².